The van der Waals surface area contributed by atoms with Crippen LogP contribution in [0.15, 0.2) is 41.0 Å². The van der Waals surface area contributed by atoms with Gasteiger partial charge in [-0.05, 0) is 68.1 Å². The van der Waals surface area contributed by atoms with Crippen LogP contribution in [0.2, 0.25) is 0 Å². The minimum Gasteiger partial charge on any atom is -0.464 e. The van der Waals surface area contributed by atoms with Crippen LogP contribution in [0.25, 0.3) is 22.4 Å². The van der Waals surface area contributed by atoms with Crippen LogP contribution in [0, 0.1) is 19.7 Å². The molecule has 1 amide bonds. The van der Waals surface area contributed by atoms with Gasteiger partial charge in [-0.15, -0.1) is 10.2 Å². The van der Waals surface area contributed by atoms with E-state index in [1.807, 2.05) is 30.5 Å². The molecule has 1 aliphatic rings. The molecule has 32 heavy (non-hydrogen) atoms. The summed E-state index contributed by atoms with van der Waals surface area (Å²) in [5.41, 5.74) is 4.77. The number of fused-ring (bicyclic) bond motifs is 2. The Bertz CT molecular complexity index is 1320. The van der Waals surface area contributed by atoms with E-state index in [9.17, 15) is 9.18 Å². The molecule has 2 aromatic carbocycles. The Labute approximate surface area is 185 Å². The topological polar surface area (TPSA) is 73.0 Å². The third-order valence-corrected chi connectivity index (χ3v) is 6.22. The average Bonchev–Trinajstić information content (AvgIpc) is 3.25. The van der Waals surface area contributed by atoms with Crippen molar-refractivity contribution in [2.75, 3.05) is 5.32 Å². The van der Waals surface area contributed by atoms with Crippen LogP contribution in [-0.4, -0.2) is 20.7 Å². The standard InChI is InChI=1S/C25H25FN4O2/c1-15-10-19-17(14-32-22(19)11-16(15)2)12-24(31)27-18-7-8-21(26)20(13-18)25-29-28-23-6-4-3-5-9-30(23)25/h7-8,10-11,13-14H,3-6,9,12H2,1-2H3,(H,27,31). The van der Waals surface area contributed by atoms with E-state index in [-0.39, 0.29) is 18.1 Å². The van der Waals surface area contributed by atoms with E-state index in [1.54, 1.807) is 18.4 Å². The molecule has 7 heteroatoms. The zero-order valence-electron chi connectivity index (χ0n) is 18.2. The fourth-order valence-electron chi connectivity index (χ4n) is 4.31. The predicted octanol–water partition coefficient (Wildman–Crippen LogP) is 5.35. The molecular formula is C25H25FN4O2. The molecule has 0 bridgehead atoms. The summed E-state index contributed by atoms with van der Waals surface area (Å²) >= 11 is 0. The fourth-order valence-corrected chi connectivity index (χ4v) is 4.31. The summed E-state index contributed by atoms with van der Waals surface area (Å²) in [6.07, 6.45) is 5.87. The molecule has 2 aromatic heterocycles. The second kappa shape index (κ2) is 8.22. The number of aryl methyl sites for hydroxylation is 3. The number of rotatable bonds is 4. The van der Waals surface area contributed by atoms with Gasteiger partial charge < -0.3 is 14.3 Å². The summed E-state index contributed by atoms with van der Waals surface area (Å²) in [6.45, 7) is 4.85. The van der Waals surface area contributed by atoms with Gasteiger partial charge in [0.1, 0.15) is 17.2 Å². The van der Waals surface area contributed by atoms with Gasteiger partial charge in [0, 0.05) is 29.6 Å². The number of amides is 1. The molecule has 0 atom stereocenters. The first-order valence-corrected chi connectivity index (χ1v) is 11.0. The van der Waals surface area contributed by atoms with Crippen molar-refractivity contribution in [1.82, 2.24) is 14.8 Å². The van der Waals surface area contributed by atoms with Gasteiger partial charge in [0.2, 0.25) is 5.91 Å². The summed E-state index contributed by atoms with van der Waals surface area (Å²) in [4.78, 5) is 12.8. The number of hydrogen-bond acceptors (Lipinski definition) is 4. The second-order valence-electron chi connectivity index (χ2n) is 8.52. The maximum atomic E-state index is 14.7. The summed E-state index contributed by atoms with van der Waals surface area (Å²) < 4.78 is 22.3. The zero-order valence-corrected chi connectivity index (χ0v) is 18.2. The zero-order chi connectivity index (χ0) is 22.2. The Morgan fingerprint density at radius 1 is 1.12 bits per heavy atom. The smallest absolute Gasteiger partial charge is 0.228 e. The SMILES string of the molecule is Cc1cc2occ(CC(=O)Nc3ccc(F)c(-c4nnc5n4CCCCC5)c3)c2cc1C. The van der Waals surface area contributed by atoms with Crippen molar-refractivity contribution in [3.63, 3.8) is 0 Å². The highest BCUT2D eigenvalue weighted by molar-refractivity contribution is 5.96. The van der Waals surface area contributed by atoms with Crippen molar-refractivity contribution in [2.45, 2.75) is 52.5 Å². The van der Waals surface area contributed by atoms with Crippen molar-refractivity contribution in [2.24, 2.45) is 0 Å². The lowest BCUT2D eigenvalue weighted by Gasteiger charge is -2.10. The number of nitrogens with one attached hydrogen (secondary N) is 1. The molecule has 1 N–H and O–H groups in total. The molecule has 6 nitrogen and oxygen atoms in total. The van der Waals surface area contributed by atoms with Crippen LogP contribution in [0.3, 0.4) is 0 Å². The van der Waals surface area contributed by atoms with E-state index in [1.165, 1.54) is 6.07 Å². The summed E-state index contributed by atoms with van der Waals surface area (Å²) in [7, 11) is 0. The van der Waals surface area contributed by atoms with Crippen molar-refractivity contribution < 1.29 is 13.6 Å². The molecular weight excluding hydrogens is 407 g/mol. The van der Waals surface area contributed by atoms with E-state index in [2.05, 4.69) is 15.5 Å². The Balaban J connectivity index is 1.38. The molecule has 164 valence electrons. The van der Waals surface area contributed by atoms with Gasteiger partial charge in [-0.2, -0.15) is 0 Å². The lowest BCUT2D eigenvalue weighted by molar-refractivity contribution is -0.115. The van der Waals surface area contributed by atoms with Crippen LogP contribution < -0.4 is 5.32 Å². The van der Waals surface area contributed by atoms with Crippen molar-refractivity contribution in [1.29, 1.82) is 0 Å². The lowest BCUT2D eigenvalue weighted by Crippen LogP contribution is -2.14. The molecule has 0 radical (unpaired) electrons. The van der Waals surface area contributed by atoms with Crippen LogP contribution in [0.4, 0.5) is 10.1 Å². The largest absolute Gasteiger partial charge is 0.464 e. The van der Waals surface area contributed by atoms with Crippen LogP contribution in [0.5, 0.6) is 0 Å². The van der Waals surface area contributed by atoms with Gasteiger partial charge in [-0.3, -0.25) is 4.79 Å². The monoisotopic (exact) mass is 432 g/mol. The first-order valence-electron chi connectivity index (χ1n) is 11.0. The van der Waals surface area contributed by atoms with E-state index in [4.69, 9.17) is 4.42 Å². The van der Waals surface area contributed by atoms with Crippen molar-refractivity contribution >= 4 is 22.6 Å². The number of carbonyl (C=O) groups is 1. The van der Waals surface area contributed by atoms with Gasteiger partial charge >= 0.3 is 0 Å². The van der Waals surface area contributed by atoms with Crippen molar-refractivity contribution in [3.8, 4) is 11.4 Å². The van der Waals surface area contributed by atoms with Gasteiger partial charge in [0.25, 0.3) is 0 Å². The minimum absolute atomic E-state index is 0.169. The molecule has 0 saturated heterocycles. The molecule has 0 unspecified atom stereocenters. The number of carbonyl (C=O) groups excluding carboxylic acids is 1. The molecule has 0 saturated carbocycles. The molecule has 1 aliphatic heterocycles. The highest BCUT2D eigenvalue weighted by Gasteiger charge is 2.19. The maximum Gasteiger partial charge on any atom is 0.228 e. The molecule has 0 aliphatic carbocycles. The minimum atomic E-state index is -0.380. The molecule has 3 heterocycles. The van der Waals surface area contributed by atoms with Crippen LogP contribution in [-0.2, 0) is 24.2 Å². The summed E-state index contributed by atoms with van der Waals surface area (Å²) in [6, 6.07) is 8.60. The number of hydrogen-bond donors (Lipinski definition) is 1. The second-order valence-corrected chi connectivity index (χ2v) is 8.52. The Hall–Kier alpha value is -3.48. The van der Waals surface area contributed by atoms with Gasteiger partial charge in [-0.25, -0.2) is 4.39 Å². The lowest BCUT2D eigenvalue weighted by atomic mass is 10.0. The number of furan rings is 1. The Morgan fingerprint density at radius 3 is 2.84 bits per heavy atom. The van der Waals surface area contributed by atoms with E-state index in [0.29, 0.717) is 17.1 Å². The maximum absolute atomic E-state index is 14.7. The highest BCUT2D eigenvalue weighted by atomic mass is 19.1. The van der Waals surface area contributed by atoms with Gasteiger partial charge in [0.15, 0.2) is 5.82 Å². The highest BCUT2D eigenvalue weighted by Crippen LogP contribution is 2.28. The van der Waals surface area contributed by atoms with Gasteiger partial charge in [-0.1, -0.05) is 6.42 Å². The van der Waals surface area contributed by atoms with Crippen LogP contribution in [0.1, 0.15) is 41.8 Å². The first kappa shape index (κ1) is 20.4. The van der Waals surface area contributed by atoms with E-state index >= 15 is 0 Å². The summed E-state index contributed by atoms with van der Waals surface area (Å²) in [5, 5.41) is 12.3. The number of anilines is 1. The number of halogens is 1. The normalized spacial score (nSPS) is 13.7. The summed E-state index contributed by atoms with van der Waals surface area (Å²) in [5.74, 6) is 0.837. The van der Waals surface area contributed by atoms with Gasteiger partial charge in [0.05, 0.1) is 18.2 Å². The molecule has 0 spiro atoms. The third-order valence-electron chi connectivity index (χ3n) is 6.22. The Kier molecular flexibility index (Phi) is 5.25. The Morgan fingerprint density at radius 2 is 1.97 bits per heavy atom. The third kappa shape index (κ3) is 3.79. The fraction of sp³-hybridized carbons (Fsp3) is 0.320. The number of nitrogens with zero attached hydrogens (tertiary/aromatic N) is 3. The van der Waals surface area contributed by atoms with E-state index < -0.39 is 0 Å². The quantitative estimate of drug-likeness (QED) is 0.471. The molecule has 5 rings (SSSR count). The average molecular weight is 432 g/mol. The number of benzene rings is 2. The van der Waals surface area contributed by atoms with Crippen LogP contribution >= 0.6 is 0 Å². The van der Waals surface area contributed by atoms with E-state index in [0.717, 1.165) is 65.7 Å². The predicted molar refractivity (Wildman–Crippen MR) is 121 cm³/mol. The molecule has 4 aromatic rings. The molecule has 0 fully saturated rings. The number of aromatic nitrogens is 3. The van der Waals surface area contributed by atoms with Crippen molar-refractivity contribution in [3.05, 3.63) is 64.9 Å². The first-order chi connectivity index (χ1) is 15.5.